The summed E-state index contributed by atoms with van der Waals surface area (Å²) in [6, 6.07) is 2.44. The van der Waals surface area contributed by atoms with Gasteiger partial charge in [-0.2, -0.15) is 0 Å². The van der Waals surface area contributed by atoms with Crippen LogP contribution in [-0.4, -0.2) is 0 Å². The van der Waals surface area contributed by atoms with Crippen LogP contribution >= 0.6 is 27.3 Å². The minimum atomic E-state index is 0.253. The van der Waals surface area contributed by atoms with E-state index in [0.29, 0.717) is 0 Å². The topological polar surface area (TPSA) is 26.0 Å². The van der Waals surface area contributed by atoms with Gasteiger partial charge in [-0.3, -0.25) is 0 Å². The average molecular weight is 274 g/mol. The molecule has 0 spiro atoms. The van der Waals surface area contributed by atoms with Gasteiger partial charge in [-0.25, -0.2) is 0 Å². The van der Waals surface area contributed by atoms with Crippen LogP contribution in [-0.2, 0) is 0 Å². The van der Waals surface area contributed by atoms with Crippen molar-refractivity contribution in [2.24, 2.45) is 11.7 Å². The molecule has 0 aliphatic heterocycles. The number of hydrogen-bond donors (Lipinski definition) is 1. The number of nitrogens with two attached hydrogens (primary N) is 1. The molecular weight excluding hydrogens is 258 g/mol. The largest absolute Gasteiger partial charge is 0.324 e. The third-order valence-electron chi connectivity index (χ3n) is 3.14. The van der Waals surface area contributed by atoms with E-state index in [0.717, 1.165) is 5.92 Å². The zero-order valence-electron chi connectivity index (χ0n) is 8.42. The first-order chi connectivity index (χ1) is 6.66. The zero-order valence-corrected chi connectivity index (χ0v) is 10.8. The normalized spacial score (nSPS) is 19.4. The second kappa shape index (κ2) is 4.33. The monoisotopic (exact) mass is 273 g/mol. The maximum atomic E-state index is 6.21. The highest BCUT2D eigenvalue weighted by molar-refractivity contribution is 9.11. The summed E-state index contributed by atoms with van der Waals surface area (Å²) < 4.78 is 1.20. The van der Waals surface area contributed by atoms with Crippen LogP contribution in [0.1, 0.15) is 42.2 Å². The summed E-state index contributed by atoms with van der Waals surface area (Å²) in [5, 5.41) is 0. The Kier molecular flexibility index (Phi) is 3.30. The van der Waals surface area contributed by atoms with E-state index >= 15 is 0 Å². The molecule has 0 radical (unpaired) electrons. The summed E-state index contributed by atoms with van der Waals surface area (Å²) in [4.78, 5) is 1.36. The Hall–Kier alpha value is 0.140. The van der Waals surface area contributed by atoms with Crippen molar-refractivity contribution in [3.05, 3.63) is 20.3 Å². The Bertz CT molecular complexity index is 317. The molecule has 1 aliphatic rings. The van der Waals surface area contributed by atoms with Crippen molar-refractivity contribution in [2.75, 3.05) is 0 Å². The number of rotatable bonds is 3. The Morgan fingerprint density at radius 2 is 2.36 bits per heavy atom. The Morgan fingerprint density at radius 1 is 1.64 bits per heavy atom. The molecule has 2 rings (SSSR count). The quantitative estimate of drug-likeness (QED) is 0.885. The molecule has 0 saturated heterocycles. The van der Waals surface area contributed by atoms with Crippen molar-refractivity contribution >= 4 is 27.3 Å². The van der Waals surface area contributed by atoms with Gasteiger partial charge in [0, 0.05) is 10.9 Å². The van der Waals surface area contributed by atoms with Gasteiger partial charge in [-0.1, -0.05) is 19.3 Å². The lowest BCUT2D eigenvalue weighted by Crippen LogP contribution is -2.20. The minimum Gasteiger partial charge on any atom is -0.324 e. The van der Waals surface area contributed by atoms with Crippen LogP contribution in [0.15, 0.2) is 9.85 Å². The molecule has 1 fully saturated rings. The third kappa shape index (κ3) is 2.20. The van der Waals surface area contributed by atoms with E-state index in [2.05, 4.69) is 28.9 Å². The molecule has 2 N–H and O–H groups in total. The fraction of sp³-hybridized carbons (Fsp3) is 0.636. The van der Waals surface area contributed by atoms with Gasteiger partial charge in [-0.05, 0) is 46.8 Å². The first kappa shape index (κ1) is 10.7. The third-order valence-corrected chi connectivity index (χ3v) is 4.71. The lowest BCUT2D eigenvalue weighted by atomic mass is 9.80. The molecule has 1 atom stereocenters. The van der Waals surface area contributed by atoms with Crippen molar-refractivity contribution in [1.29, 1.82) is 0 Å². The van der Waals surface area contributed by atoms with Gasteiger partial charge in [-0.15, -0.1) is 11.3 Å². The maximum absolute atomic E-state index is 6.21. The number of aryl methyl sites for hydroxylation is 1. The SMILES string of the molecule is Cc1sc(Br)cc1C(N)CC1CCC1. The Balaban J connectivity index is 2.02. The van der Waals surface area contributed by atoms with Gasteiger partial charge in [0.15, 0.2) is 0 Å². The summed E-state index contributed by atoms with van der Waals surface area (Å²) >= 11 is 5.30. The molecule has 1 aromatic heterocycles. The summed E-state index contributed by atoms with van der Waals surface area (Å²) in [5.74, 6) is 0.892. The Labute approximate surface area is 97.8 Å². The number of thiophene rings is 1. The summed E-state index contributed by atoms with van der Waals surface area (Å²) in [6.07, 6.45) is 5.35. The van der Waals surface area contributed by atoms with Gasteiger partial charge >= 0.3 is 0 Å². The van der Waals surface area contributed by atoms with Crippen molar-refractivity contribution in [1.82, 2.24) is 0 Å². The van der Waals surface area contributed by atoms with E-state index in [1.165, 1.54) is 39.9 Å². The minimum absolute atomic E-state index is 0.253. The summed E-state index contributed by atoms with van der Waals surface area (Å²) in [7, 11) is 0. The molecule has 78 valence electrons. The number of halogens is 1. The highest BCUT2D eigenvalue weighted by atomic mass is 79.9. The molecule has 1 saturated carbocycles. The molecule has 0 bridgehead atoms. The van der Waals surface area contributed by atoms with E-state index in [9.17, 15) is 0 Å². The van der Waals surface area contributed by atoms with Crippen LogP contribution in [0.5, 0.6) is 0 Å². The molecule has 1 aliphatic carbocycles. The summed E-state index contributed by atoms with van der Waals surface area (Å²) in [5.41, 5.74) is 7.55. The molecule has 1 aromatic rings. The lowest BCUT2D eigenvalue weighted by molar-refractivity contribution is 0.277. The molecule has 14 heavy (non-hydrogen) atoms. The predicted molar refractivity (Wildman–Crippen MR) is 65.6 cm³/mol. The highest BCUT2D eigenvalue weighted by Gasteiger charge is 2.22. The van der Waals surface area contributed by atoms with Crippen LogP contribution in [0, 0.1) is 12.8 Å². The van der Waals surface area contributed by atoms with Crippen LogP contribution in [0.2, 0.25) is 0 Å². The molecular formula is C11H16BrNS. The van der Waals surface area contributed by atoms with Crippen molar-refractivity contribution < 1.29 is 0 Å². The second-order valence-corrected chi connectivity index (χ2v) is 6.84. The smallest absolute Gasteiger partial charge is 0.0704 e. The molecule has 1 heterocycles. The molecule has 1 unspecified atom stereocenters. The molecule has 3 heteroatoms. The zero-order chi connectivity index (χ0) is 10.1. The van der Waals surface area contributed by atoms with Crippen LogP contribution < -0.4 is 5.73 Å². The van der Waals surface area contributed by atoms with E-state index in [4.69, 9.17) is 5.73 Å². The van der Waals surface area contributed by atoms with Gasteiger partial charge in [0.2, 0.25) is 0 Å². The second-order valence-electron chi connectivity index (χ2n) is 4.20. The van der Waals surface area contributed by atoms with E-state index in [1.807, 2.05) is 0 Å². The van der Waals surface area contributed by atoms with E-state index < -0.39 is 0 Å². The fourth-order valence-electron chi connectivity index (χ4n) is 2.04. The van der Waals surface area contributed by atoms with Crippen LogP contribution in [0.3, 0.4) is 0 Å². The first-order valence-electron chi connectivity index (χ1n) is 5.18. The van der Waals surface area contributed by atoms with Gasteiger partial charge in [0.05, 0.1) is 3.79 Å². The average Bonchev–Trinajstić information content (AvgIpc) is 2.37. The standard InChI is InChI=1S/C11H16BrNS/c1-7-9(6-11(12)14-7)10(13)5-8-3-2-4-8/h6,8,10H,2-5,13H2,1H3. The Morgan fingerprint density at radius 3 is 2.79 bits per heavy atom. The van der Waals surface area contributed by atoms with Gasteiger partial charge < -0.3 is 5.73 Å². The number of hydrogen-bond acceptors (Lipinski definition) is 2. The predicted octanol–water partition coefficient (Wildman–Crippen LogP) is 4.01. The van der Waals surface area contributed by atoms with Gasteiger partial charge in [0.1, 0.15) is 0 Å². The van der Waals surface area contributed by atoms with Crippen molar-refractivity contribution in [3.8, 4) is 0 Å². The van der Waals surface area contributed by atoms with E-state index in [-0.39, 0.29) is 6.04 Å². The maximum Gasteiger partial charge on any atom is 0.0704 e. The molecule has 0 amide bonds. The van der Waals surface area contributed by atoms with Crippen LogP contribution in [0.25, 0.3) is 0 Å². The van der Waals surface area contributed by atoms with Crippen molar-refractivity contribution in [2.45, 2.75) is 38.6 Å². The molecule has 1 nitrogen and oxygen atoms in total. The summed E-state index contributed by atoms with van der Waals surface area (Å²) in [6.45, 7) is 2.16. The van der Waals surface area contributed by atoms with Crippen molar-refractivity contribution in [3.63, 3.8) is 0 Å². The fourth-order valence-corrected chi connectivity index (χ4v) is 3.82. The van der Waals surface area contributed by atoms with Gasteiger partial charge in [0.25, 0.3) is 0 Å². The highest BCUT2D eigenvalue weighted by Crippen LogP contribution is 2.37. The van der Waals surface area contributed by atoms with E-state index in [1.54, 1.807) is 11.3 Å². The molecule has 0 aromatic carbocycles. The first-order valence-corrected chi connectivity index (χ1v) is 6.79. The van der Waals surface area contributed by atoms with Crippen LogP contribution in [0.4, 0.5) is 0 Å². The lowest BCUT2D eigenvalue weighted by Gasteiger charge is -2.28.